The fourth-order valence-electron chi connectivity index (χ4n) is 1.33. The predicted octanol–water partition coefficient (Wildman–Crippen LogP) is -2.42. The van der Waals surface area contributed by atoms with Crippen LogP contribution < -0.4 is 0 Å². The minimum absolute atomic E-state index is 0.403. The molecule has 0 unspecified atom stereocenters. The maximum Gasteiger partial charge on any atom is 0.218 e. The van der Waals surface area contributed by atoms with Gasteiger partial charge in [0.15, 0.2) is 0 Å². The van der Waals surface area contributed by atoms with Gasteiger partial charge in [0.2, 0.25) is 5.79 Å². The Labute approximate surface area is 94.3 Å². The Hall–Kier alpha value is 0.490. The van der Waals surface area contributed by atoms with Crippen LogP contribution in [0.1, 0.15) is 0 Å². The molecule has 0 amide bonds. The zero-order chi connectivity index (χ0) is 10.9. The highest BCUT2D eigenvalue weighted by atomic mass is 123. The Balaban J connectivity index is 2.84. The van der Waals surface area contributed by atoms with Gasteiger partial charge in [-0.1, -0.05) is 22.6 Å². The van der Waals surface area contributed by atoms with Gasteiger partial charge in [-0.2, -0.15) is 0 Å². The summed E-state index contributed by atoms with van der Waals surface area (Å²) in [6, 6.07) is 0. The van der Waals surface area contributed by atoms with Gasteiger partial charge < -0.3 is 30.3 Å². The van der Waals surface area contributed by atoms with Crippen LogP contribution in [0.25, 0.3) is 0 Å². The van der Waals surface area contributed by atoms with Crippen molar-refractivity contribution in [1.82, 2.24) is 0 Å². The van der Waals surface area contributed by atoms with E-state index in [0.717, 1.165) is 0 Å². The Kier molecular flexibility index (Phi) is 4.09. The molecule has 0 radical (unpaired) electrons. The first-order chi connectivity index (χ1) is 6.46. The summed E-state index contributed by atoms with van der Waals surface area (Å²) in [5, 5.41) is 46.1. The second-order valence-electron chi connectivity index (χ2n) is 3.22. The Morgan fingerprint density at radius 3 is 2.29 bits per heavy atom. The molecule has 0 bridgehead atoms. The SMILES string of the molecule is OC[C@H]1O[C@](O)(CO)[C@@H](O)[C@@H](O)[C@@H]1[123I]. The van der Waals surface area contributed by atoms with Gasteiger partial charge in [-0.15, -0.1) is 0 Å². The largest absolute Gasteiger partial charge is 0.394 e. The number of aliphatic hydroxyl groups excluding tert-OH is 4. The molecule has 1 fully saturated rings. The van der Waals surface area contributed by atoms with E-state index >= 15 is 0 Å². The van der Waals surface area contributed by atoms with Crippen molar-refractivity contribution in [1.29, 1.82) is 0 Å². The Morgan fingerprint density at radius 2 is 1.86 bits per heavy atom. The molecule has 0 aromatic rings. The molecule has 0 aromatic carbocycles. The molecule has 0 aromatic heterocycles. The summed E-state index contributed by atoms with van der Waals surface area (Å²) < 4.78 is 4.36. The topological polar surface area (TPSA) is 110 Å². The molecule has 0 saturated carbocycles. The summed E-state index contributed by atoms with van der Waals surface area (Å²) in [5.41, 5.74) is 0. The highest BCUT2D eigenvalue weighted by Crippen LogP contribution is 2.31. The number of aliphatic hydroxyl groups is 5. The zero-order valence-electron chi connectivity index (χ0n) is 7.25. The standard InChI is InChI=1S/C7H13IO6/c8-4-3(1-9)14-7(13,2-10)6(12)5(4)11/h3-6,9-13H,1-2H2/t3-,4-,5+,6+,7-/m1/s1/i8-4. The van der Waals surface area contributed by atoms with Crippen LogP contribution in [0.2, 0.25) is 0 Å². The summed E-state index contributed by atoms with van der Waals surface area (Å²) >= 11 is 1.81. The average molecular weight is 316 g/mol. The lowest BCUT2D eigenvalue weighted by atomic mass is 9.95. The zero-order valence-corrected chi connectivity index (χ0v) is 9.40. The maximum atomic E-state index is 9.54. The van der Waals surface area contributed by atoms with Crippen LogP contribution in [-0.4, -0.2) is 66.8 Å². The van der Waals surface area contributed by atoms with E-state index in [9.17, 15) is 15.3 Å². The van der Waals surface area contributed by atoms with Crippen LogP contribution in [0.4, 0.5) is 0 Å². The van der Waals surface area contributed by atoms with Gasteiger partial charge in [0, 0.05) is 0 Å². The van der Waals surface area contributed by atoms with E-state index in [-0.39, 0.29) is 0 Å². The van der Waals surface area contributed by atoms with Crippen molar-refractivity contribution in [3.63, 3.8) is 0 Å². The lowest BCUT2D eigenvalue weighted by Crippen LogP contribution is -2.65. The van der Waals surface area contributed by atoms with Gasteiger partial charge in [0.05, 0.1) is 29.3 Å². The van der Waals surface area contributed by atoms with Gasteiger partial charge in [-0.05, 0) is 0 Å². The Morgan fingerprint density at radius 1 is 1.29 bits per heavy atom. The molecule has 1 heterocycles. The highest BCUT2D eigenvalue weighted by Gasteiger charge is 2.51. The minimum Gasteiger partial charge on any atom is -0.394 e. The lowest BCUT2D eigenvalue weighted by Gasteiger charge is -2.44. The minimum atomic E-state index is -2.20. The van der Waals surface area contributed by atoms with Crippen molar-refractivity contribution in [3.05, 3.63) is 0 Å². The number of ether oxygens (including phenoxy) is 1. The summed E-state index contributed by atoms with van der Waals surface area (Å²) in [5.74, 6) is -2.20. The second kappa shape index (κ2) is 4.56. The number of hydrogen-bond acceptors (Lipinski definition) is 6. The molecule has 0 spiro atoms. The third-order valence-electron chi connectivity index (χ3n) is 2.23. The molecule has 1 rings (SSSR count). The monoisotopic (exact) mass is 316 g/mol. The van der Waals surface area contributed by atoms with Gasteiger partial charge in [0.25, 0.3) is 0 Å². The summed E-state index contributed by atoms with van der Waals surface area (Å²) in [6.07, 6.45) is -3.65. The first-order valence-corrected chi connectivity index (χ1v) is 5.33. The van der Waals surface area contributed by atoms with E-state index in [1.165, 1.54) is 0 Å². The quantitative estimate of drug-likeness (QED) is 0.287. The molecule has 0 aliphatic carbocycles. The van der Waals surface area contributed by atoms with E-state index in [4.69, 9.17) is 14.9 Å². The predicted molar refractivity (Wildman–Crippen MR) is 53.8 cm³/mol. The van der Waals surface area contributed by atoms with Gasteiger partial charge in [0.1, 0.15) is 6.10 Å². The van der Waals surface area contributed by atoms with Gasteiger partial charge >= 0.3 is 0 Å². The summed E-state index contributed by atoms with van der Waals surface area (Å²) in [7, 11) is 0. The number of alkyl halides is 1. The van der Waals surface area contributed by atoms with Crippen LogP contribution in [0.15, 0.2) is 0 Å². The molecule has 84 valence electrons. The second-order valence-corrected chi connectivity index (χ2v) is 4.66. The van der Waals surface area contributed by atoms with Crippen molar-refractivity contribution in [2.75, 3.05) is 13.2 Å². The Bertz CT molecular complexity index is 201. The number of rotatable bonds is 2. The summed E-state index contributed by atoms with van der Waals surface area (Å²) in [4.78, 5) is 0. The van der Waals surface area contributed by atoms with Crippen LogP contribution in [-0.2, 0) is 4.74 Å². The lowest BCUT2D eigenvalue weighted by molar-refractivity contribution is -0.331. The summed E-state index contributed by atoms with van der Waals surface area (Å²) in [6.45, 7) is -1.25. The van der Waals surface area contributed by atoms with Crippen LogP contribution in [0, 0.1) is 0 Å². The number of halogens is 1. The van der Waals surface area contributed by atoms with Gasteiger partial charge in [-0.25, -0.2) is 0 Å². The fourth-order valence-corrected chi connectivity index (χ4v) is 2.09. The van der Waals surface area contributed by atoms with E-state index in [0.29, 0.717) is 0 Å². The van der Waals surface area contributed by atoms with E-state index in [1.807, 2.05) is 0 Å². The van der Waals surface area contributed by atoms with Crippen molar-refractivity contribution in [2.24, 2.45) is 0 Å². The van der Waals surface area contributed by atoms with Crippen LogP contribution in [0.3, 0.4) is 0 Å². The molecule has 5 atom stereocenters. The van der Waals surface area contributed by atoms with Crippen LogP contribution in [0.5, 0.6) is 0 Å². The molecule has 1 aliphatic rings. The first kappa shape index (κ1) is 12.6. The fraction of sp³-hybridized carbons (Fsp3) is 1.00. The molecule has 6 nitrogen and oxygen atoms in total. The first-order valence-electron chi connectivity index (χ1n) is 4.08. The van der Waals surface area contributed by atoms with E-state index in [1.54, 1.807) is 22.6 Å². The molecule has 14 heavy (non-hydrogen) atoms. The van der Waals surface area contributed by atoms with Crippen molar-refractivity contribution in [2.45, 2.75) is 28.0 Å². The average Bonchev–Trinajstić information content (AvgIpc) is 2.20. The normalized spacial score (nSPS) is 49.3. The number of hydrogen-bond donors (Lipinski definition) is 5. The highest BCUT2D eigenvalue weighted by molar-refractivity contribution is 14.1. The van der Waals surface area contributed by atoms with Crippen molar-refractivity contribution in [3.8, 4) is 0 Å². The molecular formula is C7H13IO6. The van der Waals surface area contributed by atoms with Crippen molar-refractivity contribution >= 4 is 22.6 Å². The maximum absolute atomic E-state index is 9.54. The molecular weight excluding hydrogens is 303 g/mol. The van der Waals surface area contributed by atoms with Crippen LogP contribution >= 0.6 is 22.6 Å². The third kappa shape index (κ3) is 2.03. The van der Waals surface area contributed by atoms with E-state index in [2.05, 4.69) is 0 Å². The van der Waals surface area contributed by atoms with Gasteiger partial charge in [-0.3, -0.25) is 0 Å². The van der Waals surface area contributed by atoms with E-state index < -0.39 is 41.2 Å². The smallest absolute Gasteiger partial charge is 0.218 e. The molecule has 5 N–H and O–H groups in total. The third-order valence-corrected chi connectivity index (χ3v) is 3.77. The van der Waals surface area contributed by atoms with Crippen molar-refractivity contribution < 1.29 is 30.3 Å². The molecule has 7 heteroatoms. The molecule has 1 saturated heterocycles. The molecule has 1 aliphatic heterocycles.